The monoisotopic (exact) mass is 444 g/mol. The standard InChI is InChI=1S/C24H33FN2O3Si/c1-16-21(30-22(13-14-28)23(16)31(2,3)25)12-7-17-5-4-6-20(15-17)27-24(29)18-8-10-19(26)11-9-18/h4-6,8-11,15-16,21-23,28H,7,12-14,26H2,1-3H3,(H,27,29)/t16-,21+,22-,23+/m0/s1. The van der Waals surface area contributed by atoms with Crippen molar-refractivity contribution < 1.29 is 18.7 Å². The number of carbonyl (C=O) groups is 1. The zero-order chi connectivity index (χ0) is 22.6. The first kappa shape index (κ1) is 23.4. The van der Waals surface area contributed by atoms with Crippen LogP contribution in [0.15, 0.2) is 48.5 Å². The highest BCUT2D eigenvalue weighted by Crippen LogP contribution is 2.46. The molecule has 0 aromatic heterocycles. The highest BCUT2D eigenvalue weighted by Gasteiger charge is 2.50. The molecule has 0 radical (unpaired) electrons. The van der Waals surface area contributed by atoms with E-state index in [1.54, 1.807) is 37.4 Å². The zero-order valence-corrected chi connectivity index (χ0v) is 19.5. The van der Waals surface area contributed by atoms with Crippen LogP contribution in [0.25, 0.3) is 0 Å². The van der Waals surface area contributed by atoms with Crippen LogP contribution in [0, 0.1) is 5.92 Å². The van der Waals surface area contributed by atoms with Crippen LogP contribution in [0.4, 0.5) is 15.5 Å². The number of aliphatic hydroxyl groups excluding tert-OH is 1. The molecule has 4 N–H and O–H groups in total. The molecule has 0 spiro atoms. The number of anilines is 2. The Labute approximate surface area is 185 Å². The lowest BCUT2D eigenvalue weighted by molar-refractivity contribution is 0.0193. The maximum atomic E-state index is 14.9. The van der Waals surface area contributed by atoms with Gasteiger partial charge in [-0.3, -0.25) is 4.79 Å². The first-order valence-electron chi connectivity index (χ1n) is 10.9. The van der Waals surface area contributed by atoms with E-state index in [0.29, 0.717) is 17.7 Å². The van der Waals surface area contributed by atoms with E-state index in [9.17, 15) is 14.0 Å². The summed E-state index contributed by atoms with van der Waals surface area (Å²) in [4.78, 5) is 12.5. The second kappa shape index (κ2) is 9.93. The molecule has 0 bridgehead atoms. The van der Waals surface area contributed by atoms with Gasteiger partial charge < -0.3 is 25.0 Å². The van der Waals surface area contributed by atoms with E-state index >= 15 is 0 Å². The molecule has 4 atom stereocenters. The van der Waals surface area contributed by atoms with E-state index in [1.165, 1.54) is 0 Å². The van der Waals surface area contributed by atoms with Crippen molar-refractivity contribution in [3.63, 3.8) is 0 Å². The molecule has 1 fully saturated rings. The van der Waals surface area contributed by atoms with Gasteiger partial charge in [-0.15, -0.1) is 0 Å². The van der Waals surface area contributed by atoms with Gasteiger partial charge >= 0.3 is 0 Å². The van der Waals surface area contributed by atoms with Crippen LogP contribution < -0.4 is 11.1 Å². The number of carbonyl (C=O) groups excluding carboxylic acids is 1. The lowest BCUT2D eigenvalue weighted by Gasteiger charge is -2.28. The number of nitrogen functional groups attached to an aromatic ring is 1. The number of hydrogen-bond acceptors (Lipinski definition) is 4. The number of aryl methyl sites for hydroxylation is 1. The van der Waals surface area contributed by atoms with Crippen molar-refractivity contribution in [3.05, 3.63) is 59.7 Å². The van der Waals surface area contributed by atoms with E-state index in [2.05, 4.69) is 12.2 Å². The fourth-order valence-corrected chi connectivity index (χ4v) is 7.32. The van der Waals surface area contributed by atoms with Gasteiger partial charge in [0.15, 0.2) is 0 Å². The van der Waals surface area contributed by atoms with Crippen molar-refractivity contribution in [2.24, 2.45) is 5.92 Å². The molecule has 0 unspecified atom stereocenters. The quantitative estimate of drug-likeness (QED) is 0.311. The summed E-state index contributed by atoms with van der Waals surface area (Å²) >= 11 is 0. The van der Waals surface area contributed by atoms with Gasteiger partial charge in [0.2, 0.25) is 8.41 Å². The van der Waals surface area contributed by atoms with E-state index in [-0.39, 0.29) is 36.2 Å². The number of benzene rings is 2. The first-order chi connectivity index (χ1) is 14.7. The van der Waals surface area contributed by atoms with Gasteiger partial charge in [-0.1, -0.05) is 19.1 Å². The smallest absolute Gasteiger partial charge is 0.255 e. The summed E-state index contributed by atoms with van der Waals surface area (Å²) in [6.45, 7) is 5.56. The van der Waals surface area contributed by atoms with Crippen molar-refractivity contribution >= 4 is 25.7 Å². The Hall–Kier alpha value is -2.22. The van der Waals surface area contributed by atoms with E-state index in [4.69, 9.17) is 10.5 Å². The van der Waals surface area contributed by atoms with Gasteiger partial charge in [0.1, 0.15) is 0 Å². The Morgan fingerprint density at radius 1 is 1.16 bits per heavy atom. The number of nitrogens with two attached hydrogens (primary N) is 1. The van der Waals surface area contributed by atoms with Gasteiger partial charge in [0.25, 0.3) is 5.91 Å². The number of halogens is 1. The van der Waals surface area contributed by atoms with Gasteiger partial charge in [-0.05, 0) is 80.2 Å². The molecular formula is C24H33FN2O3Si. The second-order valence-electron chi connectivity index (χ2n) is 8.99. The molecule has 1 aliphatic heterocycles. The van der Waals surface area contributed by atoms with Crippen LogP contribution in [0.5, 0.6) is 0 Å². The largest absolute Gasteiger partial charge is 0.399 e. The summed E-state index contributed by atoms with van der Waals surface area (Å²) in [5.74, 6) is -0.0636. The van der Waals surface area contributed by atoms with Crippen LogP contribution in [0.1, 0.15) is 35.7 Å². The molecule has 3 rings (SSSR count). The molecule has 7 heteroatoms. The highest BCUT2D eigenvalue weighted by molar-refractivity contribution is 6.72. The Kier molecular flexibility index (Phi) is 7.51. The van der Waals surface area contributed by atoms with Crippen LogP contribution in [0.3, 0.4) is 0 Å². The Balaban J connectivity index is 1.62. The van der Waals surface area contributed by atoms with Gasteiger partial charge in [-0.25, -0.2) is 0 Å². The minimum absolute atomic E-state index is 0.0147. The molecule has 31 heavy (non-hydrogen) atoms. The molecular weight excluding hydrogens is 411 g/mol. The number of rotatable bonds is 8. The van der Waals surface area contributed by atoms with Gasteiger partial charge in [-0.2, -0.15) is 0 Å². The molecule has 1 amide bonds. The van der Waals surface area contributed by atoms with Gasteiger partial charge in [0.05, 0.1) is 12.2 Å². The van der Waals surface area contributed by atoms with Crippen molar-refractivity contribution in [1.82, 2.24) is 0 Å². The number of hydrogen-bond donors (Lipinski definition) is 3. The lowest BCUT2D eigenvalue weighted by Crippen LogP contribution is -2.36. The van der Waals surface area contributed by atoms with Crippen molar-refractivity contribution in [3.8, 4) is 0 Å². The first-order valence-corrected chi connectivity index (χ1v) is 13.9. The fraction of sp³-hybridized carbons (Fsp3) is 0.458. The molecule has 5 nitrogen and oxygen atoms in total. The minimum atomic E-state index is -2.89. The number of ether oxygens (including phenoxy) is 1. The summed E-state index contributed by atoms with van der Waals surface area (Å²) in [5, 5.41) is 12.3. The van der Waals surface area contributed by atoms with Crippen molar-refractivity contribution in [1.29, 1.82) is 0 Å². The summed E-state index contributed by atoms with van der Waals surface area (Å²) < 4.78 is 21.1. The third-order valence-electron chi connectivity index (χ3n) is 6.18. The summed E-state index contributed by atoms with van der Waals surface area (Å²) in [5.41, 5.74) is 8.56. The summed E-state index contributed by atoms with van der Waals surface area (Å²) in [6, 6.07) is 14.6. The van der Waals surface area contributed by atoms with Crippen molar-refractivity contribution in [2.75, 3.05) is 17.7 Å². The Morgan fingerprint density at radius 3 is 2.52 bits per heavy atom. The molecule has 1 saturated heterocycles. The molecule has 2 aromatic carbocycles. The molecule has 168 valence electrons. The van der Waals surface area contributed by atoms with Crippen LogP contribution in [-0.2, 0) is 11.2 Å². The molecule has 1 aliphatic rings. The third kappa shape index (κ3) is 5.93. The van der Waals surface area contributed by atoms with E-state index in [1.807, 2.05) is 24.3 Å². The Morgan fingerprint density at radius 2 is 1.87 bits per heavy atom. The highest BCUT2D eigenvalue weighted by atomic mass is 28.4. The topological polar surface area (TPSA) is 84.6 Å². The minimum Gasteiger partial charge on any atom is -0.399 e. The van der Waals surface area contributed by atoms with E-state index < -0.39 is 8.41 Å². The van der Waals surface area contributed by atoms with Crippen LogP contribution in [-0.4, -0.2) is 38.2 Å². The average Bonchev–Trinajstić information content (AvgIpc) is 3.03. The summed E-state index contributed by atoms with van der Waals surface area (Å²) in [7, 11) is -2.89. The molecule has 1 heterocycles. The average molecular weight is 445 g/mol. The normalized spacial score (nSPS) is 23.6. The lowest BCUT2D eigenvalue weighted by atomic mass is 9.95. The van der Waals surface area contributed by atoms with Gasteiger partial charge in [0, 0.05) is 29.1 Å². The van der Waals surface area contributed by atoms with Crippen LogP contribution >= 0.6 is 0 Å². The molecule has 0 saturated carbocycles. The fourth-order valence-electron chi connectivity index (χ4n) is 4.73. The third-order valence-corrected chi connectivity index (χ3v) is 8.67. The Bertz CT molecular complexity index is 885. The second-order valence-corrected chi connectivity index (χ2v) is 12.8. The number of aliphatic hydroxyl groups is 1. The zero-order valence-electron chi connectivity index (χ0n) is 18.5. The maximum Gasteiger partial charge on any atom is 0.255 e. The number of nitrogens with one attached hydrogen (secondary N) is 1. The maximum absolute atomic E-state index is 14.9. The number of amides is 1. The molecule has 0 aliphatic carbocycles. The predicted molar refractivity (Wildman–Crippen MR) is 125 cm³/mol. The van der Waals surface area contributed by atoms with Crippen molar-refractivity contribution in [2.45, 2.75) is 57.0 Å². The molecule has 2 aromatic rings. The SMILES string of the molecule is C[C@@H]1[C@@H]([Si](C)(C)F)[C@H](CCO)O[C@@H]1CCc1cccc(NC(=O)c2ccc(N)cc2)c1. The van der Waals surface area contributed by atoms with Crippen LogP contribution in [0.2, 0.25) is 18.6 Å². The van der Waals surface area contributed by atoms with E-state index in [0.717, 1.165) is 24.1 Å². The summed E-state index contributed by atoms with van der Waals surface area (Å²) in [6.07, 6.45) is 1.80. The predicted octanol–water partition coefficient (Wildman–Crippen LogP) is 4.78.